The molecule has 1 fully saturated rings. The Morgan fingerprint density at radius 3 is 1.91 bits per heavy atom. The number of ether oxygens (including phenoxy) is 1. The lowest BCUT2D eigenvalue weighted by Crippen LogP contribution is -2.83. The predicted octanol–water partition coefficient (Wildman–Crippen LogP) is 2.71. The summed E-state index contributed by atoms with van der Waals surface area (Å²) in [5.41, 5.74) is -1.33. The molecule has 128 valence electrons. The second-order valence-electron chi connectivity index (χ2n) is 4.79. The first-order valence-electron chi connectivity index (χ1n) is 5.61. The molecule has 1 aliphatic rings. The van der Waals surface area contributed by atoms with E-state index in [4.69, 9.17) is 5.53 Å². The molecule has 0 radical (unpaired) electrons. The molecule has 3 atom stereocenters. The fraction of sp³-hybridized carbons (Fsp3) is 1.00. The molecule has 1 rings (SSSR count). The van der Waals surface area contributed by atoms with Crippen LogP contribution in [0.5, 0.6) is 0 Å². The van der Waals surface area contributed by atoms with Crippen LogP contribution in [0, 0.1) is 0 Å². The molecular formula is C9H10F7N3O3. The van der Waals surface area contributed by atoms with Crippen molar-refractivity contribution in [1.29, 1.82) is 0 Å². The maximum absolute atomic E-state index is 14.1. The van der Waals surface area contributed by atoms with Gasteiger partial charge in [-0.05, 0) is 24.0 Å². The molecule has 0 aromatic heterocycles. The fourth-order valence-electron chi connectivity index (χ4n) is 2.10. The number of hydrogen-bond donors (Lipinski definition) is 2. The number of azide groups is 1. The van der Waals surface area contributed by atoms with Gasteiger partial charge in [0.15, 0.2) is 0 Å². The van der Waals surface area contributed by atoms with Gasteiger partial charge in [-0.1, -0.05) is 6.92 Å². The third-order valence-electron chi connectivity index (χ3n) is 3.63. The largest absolute Gasteiger partial charge is 0.423 e. The Balaban J connectivity index is 3.82. The highest BCUT2D eigenvalue weighted by Gasteiger charge is 2.89. The SMILES string of the molecule is CCC1(O)C(F)(F)C(O)(N=[N+]=[N-])OC(C)(C(F)(F)F)C1(F)F. The Morgan fingerprint density at radius 1 is 1.14 bits per heavy atom. The van der Waals surface area contributed by atoms with Gasteiger partial charge in [-0.15, -0.1) is 0 Å². The van der Waals surface area contributed by atoms with Gasteiger partial charge < -0.3 is 14.9 Å². The fourth-order valence-corrected chi connectivity index (χ4v) is 2.10. The summed E-state index contributed by atoms with van der Waals surface area (Å²) in [6.45, 7) is 0.196. The van der Waals surface area contributed by atoms with Gasteiger partial charge >= 0.3 is 23.9 Å². The summed E-state index contributed by atoms with van der Waals surface area (Å²) in [7, 11) is 0. The Bertz CT molecular complexity index is 515. The van der Waals surface area contributed by atoms with Crippen LogP contribution in [0.25, 0.3) is 10.4 Å². The van der Waals surface area contributed by atoms with E-state index in [1.54, 1.807) is 4.91 Å². The quantitative estimate of drug-likeness (QED) is 0.350. The van der Waals surface area contributed by atoms with E-state index in [1.807, 2.05) is 5.11 Å². The number of nitrogens with zero attached hydrogens (tertiary/aromatic N) is 3. The van der Waals surface area contributed by atoms with Crippen LogP contribution in [0.2, 0.25) is 0 Å². The highest BCUT2D eigenvalue weighted by atomic mass is 19.4. The molecule has 13 heteroatoms. The smallest absolute Gasteiger partial charge is 0.378 e. The number of aliphatic hydroxyl groups is 2. The first-order chi connectivity index (χ1) is 9.58. The van der Waals surface area contributed by atoms with E-state index >= 15 is 0 Å². The zero-order chi connectivity index (χ0) is 17.8. The first kappa shape index (κ1) is 18.7. The molecule has 3 unspecified atom stereocenters. The van der Waals surface area contributed by atoms with Gasteiger partial charge in [0.25, 0.3) is 0 Å². The van der Waals surface area contributed by atoms with Crippen molar-refractivity contribution in [2.24, 2.45) is 5.11 Å². The van der Waals surface area contributed by atoms with E-state index in [9.17, 15) is 40.9 Å². The van der Waals surface area contributed by atoms with E-state index in [0.29, 0.717) is 6.92 Å². The molecule has 0 aliphatic carbocycles. The maximum Gasteiger partial charge on any atom is 0.423 e. The van der Waals surface area contributed by atoms with E-state index in [0.717, 1.165) is 0 Å². The van der Waals surface area contributed by atoms with Crippen molar-refractivity contribution in [3.63, 3.8) is 0 Å². The summed E-state index contributed by atoms with van der Waals surface area (Å²) in [5, 5.41) is 20.9. The van der Waals surface area contributed by atoms with Crippen LogP contribution >= 0.6 is 0 Å². The zero-order valence-electron chi connectivity index (χ0n) is 11.0. The molecule has 0 amide bonds. The van der Waals surface area contributed by atoms with Gasteiger partial charge in [-0.2, -0.15) is 30.7 Å². The monoisotopic (exact) mass is 341 g/mol. The molecule has 0 spiro atoms. The minimum atomic E-state index is -5.99. The highest BCUT2D eigenvalue weighted by Crippen LogP contribution is 2.63. The van der Waals surface area contributed by atoms with Gasteiger partial charge in [0.05, 0.1) is 0 Å². The summed E-state index contributed by atoms with van der Waals surface area (Å²) in [4.78, 5) is 1.67. The summed E-state index contributed by atoms with van der Waals surface area (Å²) in [5.74, 6) is -15.7. The van der Waals surface area contributed by atoms with Crippen molar-refractivity contribution in [3.8, 4) is 0 Å². The third kappa shape index (κ3) is 1.82. The molecule has 1 saturated heterocycles. The molecule has 1 heterocycles. The van der Waals surface area contributed by atoms with Crippen LogP contribution in [0.15, 0.2) is 5.11 Å². The zero-order valence-corrected chi connectivity index (χ0v) is 11.0. The Kier molecular flexibility index (Phi) is 3.92. The van der Waals surface area contributed by atoms with Crippen molar-refractivity contribution >= 4 is 0 Å². The standard InChI is InChI=1S/C9H10F7N3O3/c1-3-5(20)6(10,11)4(2,8(14,15)16)22-9(21,18-19-17)7(5,12)13/h20-21H,3H2,1-2H3. The lowest BCUT2D eigenvalue weighted by atomic mass is 9.72. The number of rotatable bonds is 2. The summed E-state index contributed by atoms with van der Waals surface area (Å²) in [6, 6.07) is 0. The average Bonchev–Trinajstić information content (AvgIpc) is 2.34. The number of alkyl halides is 7. The van der Waals surface area contributed by atoms with Crippen LogP contribution in [-0.2, 0) is 4.74 Å². The molecule has 0 saturated carbocycles. The Labute approximate surface area is 118 Å². The van der Waals surface area contributed by atoms with E-state index in [2.05, 4.69) is 4.74 Å². The van der Waals surface area contributed by atoms with Crippen molar-refractivity contribution in [2.75, 3.05) is 0 Å². The highest BCUT2D eigenvalue weighted by molar-refractivity contribution is 5.20. The van der Waals surface area contributed by atoms with E-state index < -0.39 is 41.6 Å². The first-order valence-corrected chi connectivity index (χ1v) is 5.61. The van der Waals surface area contributed by atoms with E-state index in [-0.39, 0.29) is 6.92 Å². The normalized spacial score (nSPS) is 40.9. The van der Waals surface area contributed by atoms with Crippen LogP contribution in [0.4, 0.5) is 30.7 Å². The second kappa shape index (κ2) is 4.60. The van der Waals surface area contributed by atoms with Crippen LogP contribution < -0.4 is 0 Å². The van der Waals surface area contributed by atoms with Gasteiger partial charge in [0.1, 0.15) is 0 Å². The molecule has 1 aliphatic heterocycles. The number of halogens is 7. The van der Waals surface area contributed by atoms with Crippen molar-refractivity contribution < 1.29 is 45.7 Å². The van der Waals surface area contributed by atoms with Crippen molar-refractivity contribution in [3.05, 3.63) is 10.4 Å². The lowest BCUT2D eigenvalue weighted by molar-refractivity contribution is -0.516. The second-order valence-corrected chi connectivity index (χ2v) is 4.79. The minimum Gasteiger partial charge on any atom is -0.378 e. The molecule has 22 heavy (non-hydrogen) atoms. The van der Waals surface area contributed by atoms with Gasteiger partial charge in [-0.3, -0.25) is 0 Å². The molecule has 2 N–H and O–H groups in total. The topological polar surface area (TPSA) is 98.5 Å². The van der Waals surface area contributed by atoms with E-state index in [1.165, 1.54) is 0 Å². The van der Waals surface area contributed by atoms with Crippen molar-refractivity contribution in [2.45, 2.75) is 55.4 Å². The van der Waals surface area contributed by atoms with Crippen LogP contribution in [0.1, 0.15) is 20.3 Å². The summed E-state index contributed by atoms with van der Waals surface area (Å²) >= 11 is 0. The Morgan fingerprint density at radius 2 is 1.59 bits per heavy atom. The molecule has 0 aromatic carbocycles. The average molecular weight is 341 g/mol. The maximum atomic E-state index is 14.1. The molecule has 0 bridgehead atoms. The summed E-state index contributed by atoms with van der Waals surface area (Å²) < 4.78 is 98.3. The summed E-state index contributed by atoms with van der Waals surface area (Å²) in [6.07, 6.45) is -7.60. The van der Waals surface area contributed by atoms with Crippen LogP contribution in [-0.4, -0.2) is 45.3 Å². The van der Waals surface area contributed by atoms with Gasteiger partial charge in [0, 0.05) is 4.91 Å². The van der Waals surface area contributed by atoms with Gasteiger partial charge in [0.2, 0.25) is 11.2 Å². The van der Waals surface area contributed by atoms with Gasteiger partial charge in [-0.25, -0.2) is 0 Å². The molecular weight excluding hydrogens is 331 g/mol. The molecule has 6 nitrogen and oxygen atoms in total. The number of hydrogen-bond acceptors (Lipinski definition) is 4. The lowest BCUT2D eigenvalue weighted by Gasteiger charge is -2.57. The third-order valence-corrected chi connectivity index (χ3v) is 3.63. The molecule has 0 aromatic rings. The van der Waals surface area contributed by atoms with Crippen molar-refractivity contribution in [1.82, 2.24) is 0 Å². The Hall–Kier alpha value is -1.30. The minimum absolute atomic E-state index is 0.346. The van der Waals surface area contributed by atoms with Crippen LogP contribution in [0.3, 0.4) is 0 Å². The predicted molar refractivity (Wildman–Crippen MR) is 54.8 cm³/mol.